The molecule has 1 unspecified atom stereocenters. The van der Waals surface area contributed by atoms with Crippen molar-refractivity contribution in [3.8, 4) is 0 Å². The lowest BCUT2D eigenvalue weighted by atomic mass is 9.42. The SMILES string of the molecule is CC(=O)O[C@@H]1C[C@H]2[C@@H]3CC[C@H](C(C)/C=C/C(=O)C(C)C)[C@@]3(C)CC[C@@H]2[C@@]2(C)CC[C@H](O)C[C@]12O. The third-order valence-electron chi connectivity index (χ3n) is 11.0. The van der Waals surface area contributed by atoms with Gasteiger partial charge < -0.3 is 14.9 Å². The van der Waals surface area contributed by atoms with Crippen LogP contribution in [0.3, 0.4) is 0 Å². The molecule has 0 aromatic heterocycles. The fourth-order valence-electron chi connectivity index (χ4n) is 9.06. The summed E-state index contributed by atoms with van der Waals surface area (Å²) in [5, 5.41) is 22.5. The number of hydrogen-bond donors (Lipinski definition) is 2. The summed E-state index contributed by atoms with van der Waals surface area (Å²) in [7, 11) is 0. The van der Waals surface area contributed by atoms with Crippen LogP contribution in [0, 0.1) is 46.3 Å². The minimum atomic E-state index is -1.17. The number of aliphatic hydroxyl groups excluding tert-OH is 1. The minimum absolute atomic E-state index is 0.0276. The van der Waals surface area contributed by atoms with Crippen LogP contribution in [-0.4, -0.2) is 39.8 Å². The van der Waals surface area contributed by atoms with E-state index in [1.165, 1.54) is 6.92 Å². The number of fused-ring (bicyclic) bond motifs is 5. The summed E-state index contributed by atoms with van der Waals surface area (Å²) in [5.74, 6) is 2.06. The molecule has 4 aliphatic carbocycles. The molecule has 2 N–H and O–H groups in total. The van der Waals surface area contributed by atoms with Crippen molar-refractivity contribution in [3.05, 3.63) is 12.2 Å². The first-order valence-electron chi connectivity index (χ1n) is 13.6. The van der Waals surface area contributed by atoms with Crippen LogP contribution in [0.2, 0.25) is 0 Å². The Labute approximate surface area is 205 Å². The van der Waals surface area contributed by atoms with Gasteiger partial charge in [0.15, 0.2) is 5.78 Å². The normalized spacial score (nSPS) is 47.1. The van der Waals surface area contributed by atoms with Gasteiger partial charge in [0, 0.05) is 24.7 Å². The first-order chi connectivity index (χ1) is 15.8. The molecule has 0 aliphatic heterocycles. The lowest BCUT2D eigenvalue weighted by Crippen LogP contribution is -2.69. The Morgan fingerprint density at radius 1 is 1.03 bits per heavy atom. The Morgan fingerprint density at radius 3 is 2.38 bits per heavy atom. The van der Waals surface area contributed by atoms with Gasteiger partial charge in [-0.15, -0.1) is 0 Å². The lowest BCUT2D eigenvalue weighted by Gasteiger charge is -2.65. The highest BCUT2D eigenvalue weighted by Crippen LogP contribution is 2.69. The van der Waals surface area contributed by atoms with E-state index in [9.17, 15) is 19.8 Å². The second-order valence-electron chi connectivity index (χ2n) is 13.0. The molecular formula is C29H46O5. The largest absolute Gasteiger partial charge is 0.459 e. The zero-order chi connectivity index (χ0) is 25.1. The Balaban J connectivity index is 1.62. The molecule has 5 heteroatoms. The second-order valence-corrected chi connectivity index (χ2v) is 13.0. The van der Waals surface area contributed by atoms with Crippen molar-refractivity contribution in [1.82, 2.24) is 0 Å². The van der Waals surface area contributed by atoms with Crippen LogP contribution < -0.4 is 0 Å². The van der Waals surface area contributed by atoms with E-state index in [4.69, 9.17) is 4.74 Å². The number of carbonyl (C=O) groups excluding carboxylic acids is 2. The number of rotatable bonds is 5. The molecule has 34 heavy (non-hydrogen) atoms. The molecular weight excluding hydrogens is 428 g/mol. The summed E-state index contributed by atoms with van der Waals surface area (Å²) >= 11 is 0. The van der Waals surface area contributed by atoms with Crippen molar-refractivity contribution in [2.24, 2.45) is 46.3 Å². The van der Waals surface area contributed by atoms with Gasteiger partial charge in [0.2, 0.25) is 0 Å². The molecule has 4 saturated carbocycles. The third-order valence-corrected chi connectivity index (χ3v) is 11.0. The molecule has 4 fully saturated rings. The maximum atomic E-state index is 12.2. The van der Waals surface area contributed by atoms with Crippen molar-refractivity contribution in [3.63, 3.8) is 0 Å². The minimum Gasteiger partial charge on any atom is -0.459 e. The van der Waals surface area contributed by atoms with Crippen LogP contribution >= 0.6 is 0 Å². The van der Waals surface area contributed by atoms with E-state index in [2.05, 4.69) is 26.8 Å². The van der Waals surface area contributed by atoms with Gasteiger partial charge in [-0.2, -0.15) is 0 Å². The molecule has 10 atom stereocenters. The molecule has 0 bridgehead atoms. The zero-order valence-electron chi connectivity index (χ0n) is 22.0. The number of ether oxygens (including phenoxy) is 1. The van der Waals surface area contributed by atoms with Crippen LogP contribution in [0.5, 0.6) is 0 Å². The van der Waals surface area contributed by atoms with Crippen LogP contribution in [-0.2, 0) is 14.3 Å². The van der Waals surface area contributed by atoms with E-state index >= 15 is 0 Å². The van der Waals surface area contributed by atoms with E-state index in [1.807, 2.05) is 13.8 Å². The van der Waals surface area contributed by atoms with E-state index in [1.54, 1.807) is 6.08 Å². The van der Waals surface area contributed by atoms with Crippen molar-refractivity contribution in [2.75, 3.05) is 0 Å². The highest BCUT2D eigenvalue weighted by molar-refractivity contribution is 5.91. The predicted molar refractivity (Wildman–Crippen MR) is 132 cm³/mol. The molecule has 0 spiro atoms. The van der Waals surface area contributed by atoms with Crippen LogP contribution in [0.25, 0.3) is 0 Å². The summed E-state index contributed by atoms with van der Waals surface area (Å²) in [5.41, 5.74) is -1.34. The molecule has 4 rings (SSSR count). The highest BCUT2D eigenvalue weighted by Gasteiger charge is 2.68. The zero-order valence-corrected chi connectivity index (χ0v) is 22.0. The first kappa shape index (κ1) is 25.9. The van der Waals surface area contributed by atoms with Gasteiger partial charge in [0.25, 0.3) is 0 Å². The van der Waals surface area contributed by atoms with Crippen molar-refractivity contribution >= 4 is 11.8 Å². The van der Waals surface area contributed by atoms with E-state index < -0.39 is 17.8 Å². The smallest absolute Gasteiger partial charge is 0.303 e. The lowest BCUT2D eigenvalue weighted by molar-refractivity contribution is -0.269. The molecule has 192 valence electrons. The molecule has 0 radical (unpaired) electrons. The fourth-order valence-corrected chi connectivity index (χ4v) is 9.06. The number of aliphatic hydroxyl groups is 2. The number of carbonyl (C=O) groups is 2. The summed E-state index contributed by atoms with van der Waals surface area (Å²) in [6.07, 6.45) is 9.79. The van der Waals surface area contributed by atoms with Gasteiger partial charge in [0.1, 0.15) is 11.7 Å². The Hall–Kier alpha value is -1.20. The number of hydrogen-bond acceptors (Lipinski definition) is 5. The molecule has 0 aromatic carbocycles. The van der Waals surface area contributed by atoms with Gasteiger partial charge in [-0.1, -0.05) is 40.7 Å². The van der Waals surface area contributed by atoms with Crippen LogP contribution in [0.1, 0.15) is 92.9 Å². The summed E-state index contributed by atoms with van der Waals surface area (Å²) in [6.45, 7) is 12.2. The maximum Gasteiger partial charge on any atom is 0.303 e. The highest BCUT2D eigenvalue weighted by atomic mass is 16.6. The van der Waals surface area contributed by atoms with Gasteiger partial charge in [-0.05, 0) is 86.0 Å². The summed E-state index contributed by atoms with van der Waals surface area (Å²) < 4.78 is 5.82. The van der Waals surface area contributed by atoms with Crippen molar-refractivity contribution in [2.45, 2.75) is 111 Å². The molecule has 4 aliphatic rings. The van der Waals surface area contributed by atoms with Gasteiger partial charge in [0.05, 0.1) is 6.10 Å². The predicted octanol–water partition coefficient (Wildman–Crippen LogP) is 5.08. The van der Waals surface area contributed by atoms with Crippen LogP contribution in [0.15, 0.2) is 12.2 Å². The standard InChI is InChI=1S/C29H46O5/c1-17(2)25(32)10-7-18(3)22-8-9-23-21-15-26(34-19(4)30)29(33)16-20(31)11-14-28(29,6)24(21)12-13-27(22,23)5/h7,10,17-18,20-24,26,31,33H,8-9,11-16H2,1-6H3/b10-7+/t18?,20-,21-,22+,23-,24-,26+,27+,28+,29-/m0/s1. The Kier molecular flexibility index (Phi) is 6.87. The van der Waals surface area contributed by atoms with Gasteiger partial charge in [-0.3, -0.25) is 9.59 Å². The monoisotopic (exact) mass is 474 g/mol. The number of allylic oxidation sites excluding steroid dienone is 2. The first-order valence-corrected chi connectivity index (χ1v) is 13.6. The van der Waals surface area contributed by atoms with E-state index in [0.29, 0.717) is 48.9 Å². The number of esters is 1. The number of ketones is 1. The molecule has 5 nitrogen and oxygen atoms in total. The topological polar surface area (TPSA) is 83.8 Å². The molecule has 0 saturated heterocycles. The van der Waals surface area contributed by atoms with Gasteiger partial charge >= 0.3 is 5.97 Å². The Bertz CT molecular complexity index is 834. The average molecular weight is 475 g/mol. The molecule has 0 aromatic rings. The summed E-state index contributed by atoms with van der Waals surface area (Å²) in [4.78, 5) is 24.2. The fraction of sp³-hybridized carbons (Fsp3) is 0.862. The third kappa shape index (κ3) is 3.99. The van der Waals surface area contributed by atoms with Crippen molar-refractivity contribution in [1.29, 1.82) is 0 Å². The quantitative estimate of drug-likeness (QED) is 0.429. The van der Waals surface area contributed by atoms with Gasteiger partial charge in [-0.25, -0.2) is 0 Å². The maximum absolute atomic E-state index is 12.2. The van der Waals surface area contributed by atoms with E-state index in [0.717, 1.165) is 32.1 Å². The average Bonchev–Trinajstić information content (AvgIpc) is 3.10. The molecule has 0 amide bonds. The van der Waals surface area contributed by atoms with E-state index in [-0.39, 0.29) is 28.5 Å². The Morgan fingerprint density at radius 2 is 1.74 bits per heavy atom. The van der Waals surface area contributed by atoms with Crippen LogP contribution in [0.4, 0.5) is 0 Å². The molecule has 0 heterocycles. The summed E-state index contributed by atoms with van der Waals surface area (Å²) in [6, 6.07) is 0. The van der Waals surface area contributed by atoms with Crippen molar-refractivity contribution < 1.29 is 24.5 Å². The second kappa shape index (κ2) is 9.03.